The molecule has 0 radical (unpaired) electrons. The summed E-state index contributed by atoms with van der Waals surface area (Å²) in [5, 5.41) is 18.1. The van der Waals surface area contributed by atoms with Crippen LogP contribution in [-0.2, 0) is 4.79 Å². The molecule has 0 spiro atoms. The van der Waals surface area contributed by atoms with Crippen LogP contribution in [0.4, 0.5) is 0 Å². The van der Waals surface area contributed by atoms with Crippen LogP contribution in [0.25, 0.3) is 0 Å². The molecule has 5 heteroatoms. The molecule has 0 aliphatic carbocycles. The molecule has 0 aliphatic rings. The van der Waals surface area contributed by atoms with Crippen molar-refractivity contribution in [2.24, 2.45) is 0 Å². The van der Waals surface area contributed by atoms with Gasteiger partial charge < -0.3 is 5.11 Å². The van der Waals surface area contributed by atoms with Crippen LogP contribution in [0.3, 0.4) is 0 Å². The lowest BCUT2D eigenvalue weighted by molar-refractivity contribution is -0.480. The number of hydrogen-bond donors (Lipinski definition) is 1. The number of hydrogen-bond acceptors (Lipinski definition) is 3. The number of carbonyl (C=O) groups is 1. The zero-order valence-electron chi connectivity index (χ0n) is 6.86. The zero-order chi connectivity index (χ0) is 9.40. The molecule has 0 saturated carbocycles. The number of nitrogens with zero attached hydrogens (tertiary/aromatic N) is 1. The predicted molar refractivity (Wildman–Crippen MR) is 42.6 cm³/mol. The second-order valence-corrected chi connectivity index (χ2v) is 2.61. The molecule has 0 fully saturated rings. The van der Waals surface area contributed by atoms with Crippen molar-refractivity contribution in [3.05, 3.63) is 10.1 Å². The molecule has 0 rings (SSSR count). The summed E-state index contributed by atoms with van der Waals surface area (Å²) in [4.78, 5) is 19.5. The van der Waals surface area contributed by atoms with Crippen LogP contribution < -0.4 is 0 Å². The Kier molecular flexibility index (Phi) is 5.95. The predicted octanol–water partition coefficient (Wildman–Crippen LogP) is 1.30. The van der Waals surface area contributed by atoms with Crippen molar-refractivity contribution >= 4 is 5.97 Å². The van der Waals surface area contributed by atoms with Gasteiger partial charge in [0, 0.05) is 17.8 Å². The summed E-state index contributed by atoms with van der Waals surface area (Å²) in [6, 6.07) is 0. The third-order valence-corrected chi connectivity index (χ3v) is 1.48. The van der Waals surface area contributed by atoms with Gasteiger partial charge in [0.05, 0.1) is 0 Å². The van der Waals surface area contributed by atoms with Crippen LogP contribution in [-0.4, -0.2) is 22.5 Å². The lowest BCUT2D eigenvalue weighted by Gasteiger charge is -1.95. The van der Waals surface area contributed by atoms with Gasteiger partial charge in [-0.15, -0.1) is 0 Å². The molecular formula is C7H13NO4. The molecule has 0 atom stereocenters. The van der Waals surface area contributed by atoms with E-state index in [0.29, 0.717) is 12.8 Å². The number of nitro groups is 1. The zero-order valence-corrected chi connectivity index (χ0v) is 6.86. The first kappa shape index (κ1) is 10.9. The molecule has 0 aromatic rings. The average Bonchev–Trinajstić information content (AvgIpc) is 1.95. The van der Waals surface area contributed by atoms with Crippen molar-refractivity contribution in [3.63, 3.8) is 0 Å². The lowest BCUT2D eigenvalue weighted by atomic mass is 10.1. The minimum atomic E-state index is -0.802. The number of carboxylic acids is 1. The fourth-order valence-electron chi connectivity index (χ4n) is 0.871. The van der Waals surface area contributed by atoms with Gasteiger partial charge in [-0.25, -0.2) is 0 Å². The van der Waals surface area contributed by atoms with Crippen LogP contribution in [0.2, 0.25) is 0 Å². The fourth-order valence-corrected chi connectivity index (χ4v) is 0.871. The van der Waals surface area contributed by atoms with Gasteiger partial charge >= 0.3 is 5.97 Å². The maximum Gasteiger partial charge on any atom is 0.303 e. The molecule has 0 bridgehead atoms. The molecule has 0 heterocycles. The van der Waals surface area contributed by atoms with Gasteiger partial charge in [-0.2, -0.15) is 0 Å². The van der Waals surface area contributed by atoms with Crippen LogP contribution in [0.15, 0.2) is 0 Å². The highest BCUT2D eigenvalue weighted by Gasteiger charge is 1.98. The van der Waals surface area contributed by atoms with E-state index in [9.17, 15) is 14.9 Å². The molecule has 0 amide bonds. The highest BCUT2D eigenvalue weighted by atomic mass is 16.6. The van der Waals surface area contributed by atoms with Crippen LogP contribution in [0.5, 0.6) is 0 Å². The summed E-state index contributed by atoms with van der Waals surface area (Å²) in [5.74, 6) is -0.802. The van der Waals surface area contributed by atoms with E-state index in [0.717, 1.165) is 12.8 Å². The molecule has 5 nitrogen and oxygen atoms in total. The molecule has 1 N–H and O–H groups in total. The Hall–Kier alpha value is -1.13. The summed E-state index contributed by atoms with van der Waals surface area (Å²) in [7, 11) is 0. The van der Waals surface area contributed by atoms with Crippen molar-refractivity contribution in [1.29, 1.82) is 0 Å². The maximum absolute atomic E-state index is 10.0. The Morgan fingerprint density at radius 1 is 1.25 bits per heavy atom. The van der Waals surface area contributed by atoms with Gasteiger partial charge in [0.15, 0.2) is 0 Å². The molecule has 12 heavy (non-hydrogen) atoms. The van der Waals surface area contributed by atoms with Gasteiger partial charge in [0.25, 0.3) is 0 Å². The van der Waals surface area contributed by atoms with Crippen molar-refractivity contribution in [2.45, 2.75) is 32.1 Å². The summed E-state index contributed by atoms with van der Waals surface area (Å²) >= 11 is 0. The highest BCUT2D eigenvalue weighted by Crippen LogP contribution is 2.02. The molecular weight excluding hydrogens is 162 g/mol. The Labute approximate surface area is 70.5 Å². The van der Waals surface area contributed by atoms with Crippen molar-refractivity contribution in [2.75, 3.05) is 6.54 Å². The molecule has 0 saturated heterocycles. The lowest BCUT2D eigenvalue weighted by Crippen LogP contribution is -2.00. The monoisotopic (exact) mass is 175 g/mol. The third-order valence-electron chi connectivity index (χ3n) is 1.48. The quantitative estimate of drug-likeness (QED) is 0.359. The summed E-state index contributed by atoms with van der Waals surface area (Å²) in [5.41, 5.74) is 0. The number of carboxylic acid groups (broad SMARTS) is 1. The van der Waals surface area contributed by atoms with E-state index in [1.807, 2.05) is 0 Å². The van der Waals surface area contributed by atoms with E-state index < -0.39 is 5.97 Å². The van der Waals surface area contributed by atoms with Crippen LogP contribution >= 0.6 is 0 Å². The van der Waals surface area contributed by atoms with Gasteiger partial charge in [-0.05, 0) is 12.8 Å². The molecule has 0 aromatic heterocycles. The second kappa shape index (κ2) is 6.57. The van der Waals surface area contributed by atoms with Crippen molar-refractivity contribution in [1.82, 2.24) is 0 Å². The summed E-state index contributed by atoms with van der Waals surface area (Å²) < 4.78 is 0. The first-order chi connectivity index (χ1) is 5.63. The summed E-state index contributed by atoms with van der Waals surface area (Å²) in [6.45, 7) is -0.00687. The third kappa shape index (κ3) is 8.87. The van der Waals surface area contributed by atoms with Gasteiger partial charge in [-0.1, -0.05) is 6.42 Å². The fraction of sp³-hybridized carbons (Fsp3) is 0.857. The minimum Gasteiger partial charge on any atom is -0.481 e. The first-order valence-corrected chi connectivity index (χ1v) is 3.96. The smallest absolute Gasteiger partial charge is 0.303 e. The van der Waals surface area contributed by atoms with E-state index in [-0.39, 0.29) is 17.9 Å². The maximum atomic E-state index is 10.0. The largest absolute Gasteiger partial charge is 0.481 e. The van der Waals surface area contributed by atoms with Crippen molar-refractivity contribution in [3.8, 4) is 0 Å². The average molecular weight is 175 g/mol. The van der Waals surface area contributed by atoms with Gasteiger partial charge in [-0.3, -0.25) is 14.9 Å². The SMILES string of the molecule is O=C(O)CCCCCC[N+](=O)[O-]. The van der Waals surface area contributed by atoms with Gasteiger partial charge in [0.2, 0.25) is 6.54 Å². The standard InChI is InChI=1S/C7H13NO4/c9-7(10)5-3-1-2-4-6-8(11)12/h1-6H2,(H,9,10). The van der Waals surface area contributed by atoms with Crippen LogP contribution in [0.1, 0.15) is 32.1 Å². The Bertz CT molecular complexity index is 139. The Balaban J connectivity index is 3.01. The number of unbranched alkanes of at least 4 members (excludes halogenated alkanes) is 3. The van der Waals surface area contributed by atoms with E-state index in [1.54, 1.807) is 0 Å². The Morgan fingerprint density at radius 2 is 1.83 bits per heavy atom. The Morgan fingerprint density at radius 3 is 2.33 bits per heavy atom. The van der Waals surface area contributed by atoms with Crippen molar-refractivity contribution < 1.29 is 14.8 Å². The summed E-state index contributed by atoms with van der Waals surface area (Å²) in [6.07, 6.45) is 2.84. The minimum absolute atomic E-state index is 0.00687. The molecule has 0 unspecified atom stereocenters. The highest BCUT2D eigenvalue weighted by molar-refractivity contribution is 5.66. The van der Waals surface area contributed by atoms with E-state index in [1.165, 1.54) is 0 Å². The second-order valence-electron chi connectivity index (χ2n) is 2.61. The number of rotatable bonds is 7. The van der Waals surface area contributed by atoms with Gasteiger partial charge in [0.1, 0.15) is 0 Å². The van der Waals surface area contributed by atoms with E-state index >= 15 is 0 Å². The normalized spacial score (nSPS) is 9.67. The number of aliphatic carboxylic acids is 1. The van der Waals surface area contributed by atoms with Crippen LogP contribution in [0, 0.1) is 10.1 Å². The van der Waals surface area contributed by atoms with E-state index in [2.05, 4.69) is 0 Å². The first-order valence-electron chi connectivity index (χ1n) is 3.96. The molecule has 0 aliphatic heterocycles. The van der Waals surface area contributed by atoms with E-state index in [4.69, 9.17) is 5.11 Å². The molecule has 70 valence electrons. The molecule has 0 aromatic carbocycles. The topological polar surface area (TPSA) is 80.4 Å².